The molecule has 2 aromatic carbocycles. The van der Waals surface area contributed by atoms with Crippen LogP contribution in [0.2, 0.25) is 0 Å². The summed E-state index contributed by atoms with van der Waals surface area (Å²) in [5.74, 6) is -0.346. The van der Waals surface area contributed by atoms with Crippen molar-refractivity contribution in [2.75, 3.05) is 6.61 Å². The Bertz CT molecular complexity index is 873. The van der Waals surface area contributed by atoms with Crippen molar-refractivity contribution in [3.8, 4) is 5.75 Å². The minimum atomic E-state index is -0.702. The van der Waals surface area contributed by atoms with Crippen molar-refractivity contribution in [1.29, 1.82) is 0 Å². The predicted molar refractivity (Wildman–Crippen MR) is 119 cm³/mol. The number of carbonyl (C=O) groups is 2. The van der Waals surface area contributed by atoms with E-state index >= 15 is 0 Å². The average Bonchev–Trinajstić information content (AvgIpc) is 2.73. The highest BCUT2D eigenvalue weighted by molar-refractivity contribution is 9.10. The number of hydrogen-bond acceptors (Lipinski definition) is 3. The van der Waals surface area contributed by atoms with Crippen molar-refractivity contribution < 1.29 is 18.7 Å². The molecule has 0 saturated heterocycles. The number of rotatable bonds is 9. The molecule has 0 bridgehead atoms. The van der Waals surface area contributed by atoms with Gasteiger partial charge in [-0.25, -0.2) is 4.39 Å². The summed E-state index contributed by atoms with van der Waals surface area (Å²) in [4.78, 5) is 27.1. The highest BCUT2D eigenvalue weighted by Crippen LogP contribution is 2.22. The fraction of sp³-hybridized carbons (Fsp3) is 0.391. The van der Waals surface area contributed by atoms with E-state index in [1.807, 2.05) is 32.9 Å². The molecule has 30 heavy (non-hydrogen) atoms. The standard InChI is InChI=1S/C23H28BrFN2O3/c1-5-16(3)26-23(29)17(4)27(13-18-6-8-19(25)9-7-18)22(28)14-30-20-10-11-21(24)15(2)12-20/h6-12,16-17H,5,13-14H2,1-4H3,(H,26,29). The Kier molecular flexibility index (Phi) is 8.84. The maximum atomic E-state index is 13.3. The summed E-state index contributed by atoms with van der Waals surface area (Å²) in [7, 11) is 0. The van der Waals surface area contributed by atoms with Crippen molar-refractivity contribution in [3.63, 3.8) is 0 Å². The molecule has 2 rings (SSSR count). The van der Waals surface area contributed by atoms with Gasteiger partial charge in [-0.1, -0.05) is 35.0 Å². The highest BCUT2D eigenvalue weighted by atomic mass is 79.9. The van der Waals surface area contributed by atoms with Gasteiger partial charge < -0.3 is 15.0 Å². The zero-order chi connectivity index (χ0) is 22.3. The van der Waals surface area contributed by atoms with Crippen molar-refractivity contribution >= 4 is 27.7 Å². The summed E-state index contributed by atoms with van der Waals surface area (Å²) in [6.45, 7) is 7.48. The number of hydrogen-bond donors (Lipinski definition) is 1. The number of carbonyl (C=O) groups excluding carboxylic acids is 2. The molecule has 0 aliphatic rings. The van der Waals surface area contributed by atoms with Crippen LogP contribution in [0, 0.1) is 12.7 Å². The van der Waals surface area contributed by atoms with Crippen LogP contribution in [-0.4, -0.2) is 35.4 Å². The molecule has 0 aliphatic carbocycles. The molecular weight excluding hydrogens is 451 g/mol. The fourth-order valence-electron chi connectivity index (χ4n) is 2.77. The van der Waals surface area contributed by atoms with Gasteiger partial charge in [0, 0.05) is 17.1 Å². The third-order valence-corrected chi connectivity index (χ3v) is 5.82. The fourth-order valence-corrected chi connectivity index (χ4v) is 3.02. The number of amides is 2. The van der Waals surface area contributed by atoms with E-state index in [1.54, 1.807) is 25.1 Å². The van der Waals surface area contributed by atoms with Gasteiger partial charge in [0.15, 0.2) is 6.61 Å². The average molecular weight is 479 g/mol. The molecule has 1 N–H and O–H groups in total. The number of nitrogens with one attached hydrogen (secondary N) is 1. The van der Waals surface area contributed by atoms with Crippen molar-refractivity contribution in [1.82, 2.24) is 10.2 Å². The van der Waals surface area contributed by atoms with Gasteiger partial charge >= 0.3 is 0 Å². The molecule has 0 heterocycles. The summed E-state index contributed by atoms with van der Waals surface area (Å²) in [5, 5.41) is 2.91. The van der Waals surface area contributed by atoms with E-state index in [0.29, 0.717) is 5.75 Å². The molecule has 2 atom stereocenters. The van der Waals surface area contributed by atoms with Gasteiger partial charge in [0.25, 0.3) is 5.91 Å². The normalized spacial score (nSPS) is 12.7. The van der Waals surface area contributed by atoms with Crippen LogP contribution in [-0.2, 0) is 16.1 Å². The second-order valence-electron chi connectivity index (χ2n) is 7.34. The van der Waals surface area contributed by atoms with Gasteiger partial charge in [-0.15, -0.1) is 0 Å². The van der Waals surface area contributed by atoms with Crippen LogP contribution < -0.4 is 10.1 Å². The summed E-state index contributed by atoms with van der Waals surface area (Å²) in [6, 6.07) is 10.6. The van der Waals surface area contributed by atoms with Gasteiger partial charge in [0.2, 0.25) is 5.91 Å². The third kappa shape index (κ3) is 6.83. The largest absolute Gasteiger partial charge is 0.484 e. The first kappa shape index (κ1) is 23.9. The Hall–Kier alpha value is -2.41. The molecule has 0 aliphatic heterocycles. The summed E-state index contributed by atoms with van der Waals surface area (Å²) in [6.07, 6.45) is 0.788. The smallest absolute Gasteiger partial charge is 0.261 e. The SMILES string of the molecule is CCC(C)NC(=O)C(C)N(Cc1ccc(F)cc1)C(=O)COc1ccc(Br)c(C)c1. The van der Waals surface area contributed by atoms with E-state index < -0.39 is 6.04 Å². The molecule has 2 aromatic rings. The van der Waals surface area contributed by atoms with Crippen LogP contribution in [0.1, 0.15) is 38.3 Å². The monoisotopic (exact) mass is 478 g/mol. The lowest BCUT2D eigenvalue weighted by Gasteiger charge is -2.29. The number of halogens is 2. The van der Waals surface area contributed by atoms with Crippen LogP contribution in [0.15, 0.2) is 46.9 Å². The Balaban J connectivity index is 2.15. The van der Waals surface area contributed by atoms with E-state index in [9.17, 15) is 14.0 Å². The maximum absolute atomic E-state index is 13.3. The van der Waals surface area contributed by atoms with Gasteiger partial charge in [0.1, 0.15) is 17.6 Å². The van der Waals surface area contributed by atoms with Crippen molar-refractivity contribution in [3.05, 3.63) is 63.9 Å². The van der Waals surface area contributed by atoms with Crippen LogP contribution in [0.5, 0.6) is 5.75 Å². The van der Waals surface area contributed by atoms with Gasteiger partial charge in [-0.3, -0.25) is 9.59 Å². The molecule has 2 unspecified atom stereocenters. The maximum Gasteiger partial charge on any atom is 0.261 e. The number of nitrogens with zero attached hydrogens (tertiary/aromatic N) is 1. The van der Waals surface area contributed by atoms with E-state index in [2.05, 4.69) is 21.2 Å². The zero-order valence-electron chi connectivity index (χ0n) is 17.7. The molecule has 0 spiro atoms. The van der Waals surface area contributed by atoms with E-state index in [1.165, 1.54) is 17.0 Å². The van der Waals surface area contributed by atoms with Crippen molar-refractivity contribution in [2.45, 2.75) is 52.7 Å². The first-order valence-corrected chi connectivity index (χ1v) is 10.7. The van der Waals surface area contributed by atoms with Gasteiger partial charge in [-0.2, -0.15) is 0 Å². The molecule has 2 amide bonds. The molecule has 0 radical (unpaired) electrons. The first-order valence-electron chi connectivity index (χ1n) is 9.94. The first-order chi connectivity index (χ1) is 14.2. The van der Waals surface area contributed by atoms with E-state index in [0.717, 1.165) is 22.0 Å². The third-order valence-electron chi connectivity index (χ3n) is 4.93. The number of ether oxygens (including phenoxy) is 1. The van der Waals surface area contributed by atoms with Gasteiger partial charge in [-0.05, 0) is 68.7 Å². The predicted octanol–water partition coefficient (Wildman–Crippen LogP) is 4.61. The lowest BCUT2D eigenvalue weighted by atomic mass is 10.1. The molecule has 5 nitrogen and oxygen atoms in total. The molecule has 0 aromatic heterocycles. The van der Waals surface area contributed by atoms with Gasteiger partial charge in [0.05, 0.1) is 0 Å². The van der Waals surface area contributed by atoms with E-state index in [4.69, 9.17) is 4.74 Å². The Labute approximate surface area is 185 Å². The number of benzene rings is 2. The van der Waals surface area contributed by atoms with Crippen LogP contribution in [0.25, 0.3) is 0 Å². The molecule has 0 saturated carbocycles. The topological polar surface area (TPSA) is 58.6 Å². The van der Waals surface area contributed by atoms with Crippen LogP contribution in [0.3, 0.4) is 0 Å². The molecule has 7 heteroatoms. The summed E-state index contributed by atoms with van der Waals surface area (Å²) < 4.78 is 19.9. The Morgan fingerprint density at radius 2 is 1.83 bits per heavy atom. The second-order valence-corrected chi connectivity index (χ2v) is 8.20. The summed E-state index contributed by atoms with van der Waals surface area (Å²) >= 11 is 3.43. The van der Waals surface area contributed by atoms with Crippen LogP contribution >= 0.6 is 15.9 Å². The Morgan fingerprint density at radius 3 is 2.43 bits per heavy atom. The lowest BCUT2D eigenvalue weighted by Crippen LogP contribution is -2.50. The van der Waals surface area contributed by atoms with E-state index in [-0.39, 0.29) is 36.8 Å². The second kappa shape index (κ2) is 11.1. The minimum absolute atomic E-state index is 0.00436. The van der Waals surface area contributed by atoms with Crippen molar-refractivity contribution in [2.24, 2.45) is 0 Å². The molecule has 162 valence electrons. The summed E-state index contributed by atoms with van der Waals surface area (Å²) in [5.41, 5.74) is 1.72. The quantitative estimate of drug-likeness (QED) is 0.572. The highest BCUT2D eigenvalue weighted by Gasteiger charge is 2.27. The molecule has 0 fully saturated rings. The minimum Gasteiger partial charge on any atom is -0.484 e. The van der Waals surface area contributed by atoms with Crippen LogP contribution in [0.4, 0.5) is 4.39 Å². The number of aryl methyl sites for hydroxylation is 1. The Morgan fingerprint density at radius 1 is 1.17 bits per heavy atom. The zero-order valence-corrected chi connectivity index (χ0v) is 19.3. The lowest BCUT2D eigenvalue weighted by molar-refractivity contribution is -0.142. The molecular formula is C23H28BrFN2O3.